The molecule has 1 aromatic heterocycles. The van der Waals surface area contributed by atoms with Crippen LogP contribution >= 0.6 is 12.2 Å². The Morgan fingerprint density at radius 1 is 1.06 bits per heavy atom. The molecule has 7 nitrogen and oxygen atoms in total. The lowest BCUT2D eigenvalue weighted by Crippen LogP contribution is -2.54. The van der Waals surface area contributed by atoms with Crippen LogP contribution in [0.15, 0.2) is 72.4 Å². The van der Waals surface area contributed by atoms with Gasteiger partial charge in [-0.2, -0.15) is 0 Å². The first-order chi connectivity index (χ1) is 15.0. The summed E-state index contributed by atoms with van der Waals surface area (Å²) in [4.78, 5) is 27.1. The minimum atomic E-state index is -0.564. The van der Waals surface area contributed by atoms with Crippen LogP contribution in [0.25, 0.3) is 11.8 Å². The number of phenolic OH excluding ortho intramolecular Hbond substituents is 1. The Morgan fingerprint density at radius 3 is 2.58 bits per heavy atom. The number of anilines is 1. The van der Waals surface area contributed by atoms with E-state index in [2.05, 4.69) is 5.32 Å². The number of benzene rings is 2. The van der Waals surface area contributed by atoms with Gasteiger partial charge in [-0.25, -0.2) is 0 Å². The minimum Gasteiger partial charge on any atom is -0.508 e. The highest BCUT2D eigenvalue weighted by Gasteiger charge is 2.34. The van der Waals surface area contributed by atoms with Gasteiger partial charge in [0.05, 0.1) is 12.3 Å². The highest BCUT2D eigenvalue weighted by molar-refractivity contribution is 7.80. The molecule has 1 saturated heterocycles. The number of aromatic nitrogens is 1. The van der Waals surface area contributed by atoms with Crippen molar-refractivity contribution in [1.82, 2.24) is 9.88 Å². The number of nitrogens with one attached hydrogen (secondary N) is 1. The molecular weight excluding hydrogens is 414 g/mol. The van der Waals surface area contributed by atoms with Crippen LogP contribution in [-0.4, -0.2) is 33.2 Å². The number of thiocarbonyl (C=S) groups is 1. The van der Waals surface area contributed by atoms with Crippen LogP contribution in [0.3, 0.4) is 0 Å². The molecule has 0 spiro atoms. The molecule has 0 radical (unpaired) electrons. The van der Waals surface area contributed by atoms with Gasteiger partial charge in [0, 0.05) is 23.6 Å². The smallest absolute Gasteiger partial charge is 0.270 e. The SMILES string of the molecule is CCOc1cccc(N2C(=O)/C(=C\c3cccn3-c3ccc(O)cc3)C(=O)NC2=S)c1. The molecule has 4 rings (SSSR count). The van der Waals surface area contributed by atoms with E-state index in [0.717, 1.165) is 5.69 Å². The molecule has 31 heavy (non-hydrogen) atoms. The number of phenols is 1. The van der Waals surface area contributed by atoms with Gasteiger partial charge < -0.3 is 14.4 Å². The molecule has 1 aliphatic heterocycles. The molecule has 2 aromatic carbocycles. The molecule has 0 atom stereocenters. The normalized spacial score (nSPS) is 15.3. The zero-order chi connectivity index (χ0) is 22.0. The molecule has 0 bridgehead atoms. The van der Waals surface area contributed by atoms with Crippen molar-refractivity contribution in [1.29, 1.82) is 0 Å². The van der Waals surface area contributed by atoms with Crippen LogP contribution in [0.4, 0.5) is 5.69 Å². The lowest BCUT2D eigenvalue weighted by Gasteiger charge is -2.29. The van der Waals surface area contributed by atoms with E-state index >= 15 is 0 Å². The summed E-state index contributed by atoms with van der Waals surface area (Å²) < 4.78 is 7.32. The van der Waals surface area contributed by atoms with Gasteiger partial charge in [-0.1, -0.05) is 6.07 Å². The molecule has 0 saturated carbocycles. The third kappa shape index (κ3) is 4.06. The Morgan fingerprint density at radius 2 is 1.84 bits per heavy atom. The fourth-order valence-electron chi connectivity index (χ4n) is 3.28. The Hall–Kier alpha value is -3.91. The van der Waals surface area contributed by atoms with Gasteiger partial charge in [0.15, 0.2) is 5.11 Å². The summed E-state index contributed by atoms with van der Waals surface area (Å²) >= 11 is 5.26. The number of aromatic hydroxyl groups is 1. The number of nitrogens with zero attached hydrogens (tertiary/aromatic N) is 2. The Labute approximate surface area is 184 Å². The maximum absolute atomic E-state index is 13.3. The number of hydrogen-bond donors (Lipinski definition) is 2. The highest BCUT2D eigenvalue weighted by Crippen LogP contribution is 2.26. The first kappa shape index (κ1) is 20.4. The molecule has 156 valence electrons. The van der Waals surface area contributed by atoms with Crippen molar-refractivity contribution < 1.29 is 19.4 Å². The van der Waals surface area contributed by atoms with E-state index in [9.17, 15) is 14.7 Å². The van der Waals surface area contributed by atoms with Gasteiger partial charge in [-0.05, 0) is 73.7 Å². The van der Waals surface area contributed by atoms with Crippen molar-refractivity contribution in [3.63, 3.8) is 0 Å². The van der Waals surface area contributed by atoms with Crippen molar-refractivity contribution >= 4 is 40.9 Å². The second kappa shape index (κ2) is 8.45. The number of carbonyl (C=O) groups is 2. The third-order valence-corrected chi connectivity index (χ3v) is 4.97. The van der Waals surface area contributed by atoms with Crippen LogP contribution in [-0.2, 0) is 9.59 Å². The van der Waals surface area contributed by atoms with E-state index in [0.29, 0.717) is 23.7 Å². The van der Waals surface area contributed by atoms with Gasteiger partial charge in [0.25, 0.3) is 11.8 Å². The largest absolute Gasteiger partial charge is 0.508 e. The summed E-state index contributed by atoms with van der Waals surface area (Å²) in [5, 5.41) is 12.1. The lowest BCUT2D eigenvalue weighted by atomic mass is 10.1. The Balaban J connectivity index is 1.72. The van der Waals surface area contributed by atoms with Gasteiger partial charge >= 0.3 is 0 Å². The summed E-state index contributed by atoms with van der Waals surface area (Å²) in [5.41, 5.74) is 1.85. The monoisotopic (exact) mass is 433 g/mol. The van der Waals surface area contributed by atoms with Crippen molar-refractivity contribution in [2.45, 2.75) is 6.92 Å². The minimum absolute atomic E-state index is 0.00900. The summed E-state index contributed by atoms with van der Waals surface area (Å²) in [6, 6.07) is 17.2. The maximum Gasteiger partial charge on any atom is 0.270 e. The van der Waals surface area contributed by atoms with Crippen molar-refractivity contribution in [2.75, 3.05) is 11.5 Å². The topological polar surface area (TPSA) is 83.8 Å². The molecular formula is C23H19N3O4S. The Kier molecular flexibility index (Phi) is 5.55. The first-order valence-corrected chi connectivity index (χ1v) is 10.00. The maximum atomic E-state index is 13.3. The van der Waals surface area contributed by atoms with Gasteiger partial charge in [-0.3, -0.25) is 19.8 Å². The molecule has 2 N–H and O–H groups in total. The molecule has 2 heterocycles. The van der Waals surface area contributed by atoms with Crippen molar-refractivity contribution in [2.24, 2.45) is 0 Å². The number of amides is 2. The van der Waals surface area contributed by atoms with E-state index < -0.39 is 11.8 Å². The van der Waals surface area contributed by atoms with Crippen LogP contribution in [0.5, 0.6) is 11.5 Å². The lowest BCUT2D eigenvalue weighted by molar-refractivity contribution is -0.122. The summed E-state index contributed by atoms with van der Waals surface area (Å²) in [5.74, 6) is -0.346. The molecule has 0 unspecified atom stereocenters. The molecule has 8 heteroatoms. The predicted octanol–water partition coefficient (Wildman–Crippen LogP) is 3.41. The molecule has 0 aliphatic carbocycles. The van der Waals surface area contributed by atoms with Gasteiger partial charge in [-0.15, -0.1) is 0 Å². The van der Waals surface area contributed by atoms with Crippen LogP contribution in [0.2, 0.25) is 0 Å². The number of hydrogen-bond acceptors (Lipinski definition) is 5. The van der Waals surface area contributed by atoms with E-state index in [1.807, 2.05) is 6.92 Å². The summed E-state index contributed by atoms with van der Waals surface area (Å²) in [7, 11) is 0. The van der Waals surface area contributed by atoms with E-state index in [1.165, 1.54) is 11.0 Å². The highest BCUT2D eigenvalue weighted by atomic mass is 32.1. The molecule has 2 amide bonds. The zero-order valence-electron chi connectivity index (χ0n) is 16.6. The fourth-order valence-corrected chi connectivity index (χ4v) is 3.56. The third-order valence-electron chi connectivity index (χ3n) is 4.69. The Bertz CT molecular complexity index is 1200. The van der Waals surface area contributed by atoms with E-state index in [4.69, 9.17) is 17.0 Å². The van der Waals surface area contributed by atoms with E-state index in [1.54, 1.807) is 71.4 Å². The average Bonchev–Trinajstić information content (AvgIpc) is 3.20. The molecule has 1 aliphatic rings. The van der Waals surface area contributed by atoms with Crippen LogP contribution < -0.4 is 15.0 Å². The summed E-state index contributed by atoms with van der Waals surface area (Å²) in [6.07, 6.45) is 3.32. The summed E-state index contributed by atoms with van der Waals surface area (Å²) in [6.45, 7) is 2.35. The molecule has 3 aromatic rings. The standard InChI is InChI=1S/C23H19N3O4S/c1-2-30-19-7-3-5-17(13-19)26-22(29)20(21(28)24-23(26)31)14-16-6-4-12-25(16)15-8-10-18(27)11-9-15/h3-14,27H,2H2,1H3,(H,24,28,31)/b20-14-. The van der Waals surface area contributed by atoms with E-state index in [-0.39, 0.29) is 16.4 Å². The zero-order valence-corrected chi connectivity index (χ0v) is 17.4. The number of ether oxygens (including phenoxy) is 1. The molecule has 1 fully saturated rings. The van der Waals surface area contributed by atoms with Gasteiger partial charge in [0.2, 0.25) is 0 Å². The second-order valence-electron chi connectivity index (χ2n) is 6.71. The number of carbonyl (C=O) groups excluding carboxylic acids is 2. The first-order valence-electron chi connectivity index (χ1n) is 9.59. The van der Waals surface area contributed by atoms with Crippen molar-refractivity contribution in [3.8, 4) is 17.2 Å². The van der Waals surface area contributed by atoms with Gasteiger partial charge in [0.1, 0.15) is 17.1 Å². The van der Waals surface area contributed by atoms with Crippen molar-refractivity contribution in [3.05, 3.63) is 78.1 Å². The predicted molar refractivity (Wildman–Crippen MR) is 121 cm³/mol. The van der Waals surface area contributed by atoms with Crippen LogP contribution in [0.1, 0.15) is 12.6 Å². The average molecular weight is 433 g/mol. The van der Waals surface area contributed by atoms with Crippen LogP contribution in [0, 0.1) is 0 Å². The fraction of sp³-hybridized carbons (Fsp3) is 0.0870. The quantitative estimate of drug-likeness (QED) is 0.366. The number of rotatable bonds is 5. The second-order valence-corrected chi connectivity index (χ2v) is 7.09.